The number of hydrogen-bond donors (Lipinski definition) is 1. The van der Waals surface area contributed by atoms with E-state index in [0.29, 0.717) is 0 Å². The Morgan fingerprint density at radius 2 is 1.89 bits per heavy atom. The van der Waals surface area contributed by atoms with Crippen LogP contribution in [0.3, 0.4) is 0 Å². The molecule has 0 unspecified atom stereocenters. The number of thioether (sulfide) groups is 1. The number of aryl methyl sites for hydroxylation is 1. The smallest absolute Gasteiger partial charge is 0.0426 e. The molecule has 1 nitrogen and oxygen atoms in total. The van der Waals surface area contributed by atoms with Gasteiger partial charge in [-0.1, -0.05) is 35.9 Å². The zero-order chi connectivity index (χ0) is 12.8. The van der Waals surface area contributed by atoms with Crippen LogP contribution in [-0.4, -0.2) is 12.3 Å². The van der Waals surface area contributed by atoms with Crippen molar-refractivity contribution in [3.63, 3.8) is 0 Å². The molecular formula is C15H16ClNS. The van der Waals surface area contributed by atoms with Gasteiger partial charge in [0.2, 0.25) is 0 Å². The Morgan fingerprint density at radius 3 is 2.67 bits per heavy atom. The van der Waals surface area contributed by atoms with E-state index < -0.39 is 0 Å². The quantitative estimate of drug-likeness (QED) is 0.619. The molecule has 0 amide bonds. The third kappa shape index (κ3) is 3.97. The molecule has 0 heterocycles. The molecule has 0 bridgehead atoms. The van der Waals surface area contributed by atoms with Gasteiger partial charge in [-0.2, -0.15) is 0 Å². The lowest BCUT2D eigenvalue weighted by atomic mass is 10.2. The molecule has 0 aliphatic carbocycles. The van der Waals surface area contributed by atoms with Crippen LogP contribution in [-0.2, 0) is 0 Å². The number of rotatable bonds is 5. The monoisotopic (exact) mass is 277 g/mol. The number of halogens is 1. The van der Waals surface area contributed by atoms with Gasteiger partial charge < -0.3 is 5.32 Å². The summed E-state index contributed by atoms with van der Waals surface area (Å²) in [6.07, 6.45) is 0. The second kappa shape index (κ2) is 6.72. The third-order valence-electron chi connectivity index (χ3n) is 2.63. The highest BCUT2D eigenvalue weighted by molar-refractivity contribution is 7.99. The molecule has 0 spiro atoms. The first-order valence-corrected chi connectivity index (χ1v) is 7.30. The maximum absolute atomic E-state index is 5.98. The normalized spacial score (nSPS) is 10.3. The minimum atomic E-state index is 0.777. The molecule has 0 saturated carbocycles. The SMILES string of the molecule is Cc1ccc(Cl)cc1NCCSc1ccccc1. The van der Waals surface area contributed by atoms with Crippen molar-refractivity contribution in [3.8, 4) is 0 Å². The zero-order valence-electron chi connectivity index (χ0n) is 10.3. The maximum atomic E-state index is 5.98. The number of benzene rings is 2. The number of nitrogens with one attached hydrogen (secondary N) is 1. The lowest BCUT2D eigenvalue weighted by Gasteiger charge is -2.09. The number of hydrogen-bond acceptors (Lipinski definition) is 2. The second-order valence-corrected chi connectivity index (χ2v) is 5.65. The van der Waals surface area contributed by atoms with E-state index in [4.69, 9.17) is 11.6 Å². The Labute approximate surface area is 118 Å². The first kappa shape index (κ1) is 13.3. The molecular weight excluding hydrogens is 262 g/mol. The fourth-order valence-electron chi connectivity index (χ4n) is 1.66. The van der Waals surface area contributed by atoms with Crippen molar-refractivity contribution in [1.29, 1.82) is 0 Å². The van der Waals surface area contributed by atoms with Crippen molar-refractivity contribution in [2.75, 3.05) is 17.6 Å². The van der Waals surface area contributed by atoms with Gasteiger partial charge in [-0.25, -0.2) is 0 Å². The molecule has 3 heteroatoms. The van der Waals surface area contributed by atoms with Gasteiger partial charge in [0, 0.05) is 27.9 Å². The minimum Gasteiger partial charge on any atom is -0.384 e. The first-order valence-electron chi connectivity index (χ1n) is 5.93. The van der Waals surface area contributed by atoms with E-state index >= 15 is 0 Å². The molecule has 0 saturated heterocycles. The summed E-state index contributed by atoms with van der Waals surface area (Å²) in [4.78, 5) is 1.31. The van der Waals surface area contributed by atoms with Crippen molar-refractivity contribution in [1.82, 2.24) is 0 Å². The molecule has 18 heavy (non-hydrogen) atoms. The molecule has 0 aliphatic heterocycles. The van der Waals surface area contributed by atoms with Crippen molar-refractivity contribution in [3.05, 3.63) is 59.1 Å². The third-order valence-corrected chi connectivity index (χ3v) is 3.88. The molecule has 0 atom stereocenters. The largest absolute Gasteiger partial charge is 0.384 e. The summed E-state index contributed by atoms with van der Waals surface area (Å²) in [5.74, 6) is 1.04. The molecule has 2 rings (SSSR count). The van der Waals surface area contributed by atoms with Gasteiger partial charge in [0.25, 0.3) is 0 Å². The Morgan fingerprint density at radius 1 is 1.11 bits per heavy atom. The van der Waals surface area contributed by atoms with Gasteiger partial charge >= 0.3 is 0 Å². The van der Waals surface area contributed by atoms with Crippen molar-refractivity contribution >= 4 is 29.1 Å². The van der Waals surface area contributed by atoms with Crippen LogP contribution in [0.15, 0.2) is 53.4 Å². The van der Waals surface area contributed by atoms with Crippen LogP contribution in [0.5, 0.6) is 0 Å². The molecule has 0 fully saturated rings. The predicted molar refractivity (Wildman–Crippen MR) is 81.8 cm³/mol. The number of anilines is 1. The summed E-state index contributed by atoms with van der Waals surface area (Å²) in [6, 6.07) is 16.4. The highest BCUT2D eigenvalue weighted by Crippen LogP contribution is 2.21. The van der Waals surface area contributed by atoms with Crippen molar-refractivity contribution in [2.24, 2.45) is 0 Å². The van der Waals surface area contributed by atoms with E-state index in [9.17, 15) is 0 Å². The average molecular weight is 278 g/mol. The fourth-order valence-corrected chi connectivity index (χ4v) is 2.62. The minimum absolute atomic E-state index is 0.777. The fraction of sp³-hybridized carbons (Fsp3) is 0.200. The maximum Gasteiger partial charge on any atom is 0.0426 e. The molecule has 0 aromatic heterocycles. The summed E-state index contributed by atoms with van der Waals surface area (Å²) in [5, 5.41) is 4.20. The molecule has 2 aromatic rings. The lowest BCUT2D eigenvalue weighted by Crippen LogP contribution is -2.05. The van der Waals surface area contributed by atoms with Crippen LogP contribution < -0.4 is 5.32 Å². The highest BCUT2D eigenvalue weighted by atomic mass is 35.5. The predicted octanol–water partition coefficient (Wildman–Crippen LogP) is 4.85. The van der Waals surface area contributed by atoms with Crippen LogP contribution in [0.1, 0.15) is 5.56 Å². The second-order valence-electron chi connectivity index (χ2n) is 4.05. The van der Waals surface area contributed by atoms with Gasteiger partial charge in [0.1, 0.15) is 0 Å². The Kier molecular flexibility index (Phi) is 4.97. The lowest BCUT2D eigenvalue weighted by molar-refractivity contribution is 1.21. The Bertz CT molecular complexity index is 499. The Hall–Kier alpha value is -1.12. The molecule has 94 valence electrons. The highest BCUT2D eigenvalue weighted by Gasteiger charge is 1.99. The summed E-state index contributed by atoms with van der Waals surface area (Å²) in [7, 11) is 0. The first-order chi connectivity index (χ1) is 8.75. The molecule has 2 aromatic carbocycles. The van der Waals surface area contributed by atoms with E-state index in [1.54, 1.807) is 0 Å². The van der Waals surface area contributed by atoms with E-state index in [-0.39, 0.29) is 0 Å². The van der Waals surface area contributed by atoms with E-state index in [1.165, 1.54) is 10.5 Å². The van der Waals surface area contributed by atoms with Gasteiger partial charge in [0.15, 0.2) is 0 Å². The van der Waals surface area contributed by atoms with E-state index in [2.05, 4.69) is 36.5 Å². The van der Waals surface area contributed by atoms with Crippen LogP contribution in [0.4, 0.5) is 5.69 Å². The van der Waals surface area contributed by atoms with E-state index in [0.717, 1.165) is 23.0 Å². The summed E-state index contributed by atoms with van der Waals surface area (Å²) < 4.78 is 0. The van der Waals surface area contributed by atoms with Crippen molar-refractivity contribution in [2.45, 2.75) is 11.8 Å². The Balaban J connectivity index is 1.80. The van der Waals surface area contributed by atoms with Gasteiger partial charge in [0.05, 0.1) is 0 Å². The standard InChI is InChI=1S/C15H16ClNS/c1-12-7-8-13(16)11-15(12)17-9-10-18-14-5-3-2-4-6-14/h2-8,11,17H,9-10H2,1H3. The zero-order valence-corrected chi connectivity index (χ0v) is 11.9. The van der Waals surface area contributed by atoms with Crippen molar-refractivity contribution < 1.29 is 0 Å². The van der Waals surface area contributed by atoms with E-state index in [1.807, 2.05) is 36.0 Å². The van der Waals surface area contributed by atoms with Crippen LogP contribution >= 0.6 is 23.4 Å². The van der Waals surface area contributed by atoms with Crippen LogP contribution in [0.25, 0.3) is 0 Å². The molecule has 1 N–H and O–H groups in total. The average Bonchev–Trinajstić information content (AvgIpc) is 2.40. The summed E-state index contributed by atoms with van der Waals surface area (Å²) in [5.41, 5.74) is 2.35. The van der Waals surface area contributed by atoms with Gasteiger partial charge in [-0.3, -0.25) is 0 Å². The summed E-state index contributed by atoms with van der Waals surface area (Å²) >= 11 is 7.83. The summed E-state index contributed by atoms with van der Waals surface area (Å²) in [6.45, 7) is 3.02. The molecule has 0 radical (unpaired) electrons. The topological polar surface area (TPSA) is 12.0 Å². The van der Waals surface area contributed by atoms with Crippen LogP contribution in [0, 0.1) is 6.92 Å². The molecule has 0 aliphatic rings. The van der Waals surface area contributed by atoms with Gasteiger partial charge in [-0.05, 0) is 36.8 Å². The van der Waals surface area contributed by atoms with Crippen LogP contribution in [0.2, 0.25) is 5.02 Å². The van der Waals surface area contributed by atoms with Gasteiger partial charge in [-0.15, -0.1) is 11.8 Å².